The Kier molecular flexibility index (Phi) is 7.05. The van der Waals surface area contributed by atoms with E-state index in [4.69, 9.17) is 27.9 Å². The highest BCUT2D eigenvalue weighted by Crippen LogP contribution is 2.31. The molecule has 0 saturated carbocycles. The van der Waals surface area contributed by atoms with E-state index in [9.17, 15) is 13.2 Å². The number of hydrogen-bond donors (Lipinski definition) is 1. The van der Waals surface area contributed by atoms with Crippen molar-refractivity contribution in [2.45, 2.75) is 24.7 Å². The highest BCUT2D eigenvalue weighted by molar-refractivity contribution is 7.89. The van der Waals surface area contributed by atoms with Crippen LogP contribution in [0, 0.1) is 5.92 Å². The van der Waals surface area contributed by atoms with Gasteiger partial charge in [0.25, 0.3) is 0 Å². The van der Waals surface area contributed by atoms with Crippen molar-refractivity contribution in [2.75, 3.05) is 25.0 Å². The third kappa shape index (κ3) is 5.04. The van der Waals surface area contributed by atoms with Gasteiger partial charge in [0.1, 0.15) is 5.75 Å². The molecule has 0 atom stereocenters. The maximum Gasteiger partial charge on any atom is 0.243 e. The van der Waals surface area contributed by atoms with Crippen LogP contribution in [-0.4, -0.2) is 38.3 Å². The average molecular weight is 457 g/mol. The molecule has 1 N–H and O–H groups in total. The third-order valence-corrected chi connectivity index (χ3v) is 7.35. The van der Waals surface area contributed by atoms with E-state index in [1.165, 1.54) is 4.31 Å². The van der Waals surface area contributed by atoms with E-state index >= 15 is 0 Å². The first kappa shape index (κ1) is 21.9. The number of ether oxygens (including phenoxy) is 1. The van der Waals surface area contributed by atoms with Crippen molar-refractivity contribution in [1.82, 2.24) is 4.31 Å². The average Bonchev–Trinajstić information content (AvgIpc) is 2.71. The summed E-state index contributed by atoms with van der Waals surface area (Å²) in [7, 11) is -3.61. The molecule has 1 heterocycles. The van der Waals surface area contributed by atoms with Gasteiger partial charge in [0, 0.05) is 19.0 Å². The smallest absolute Gasteiger partial charge is 0.243 e. The molecule has 9 heteroatoms. The van der Waals surface area contributed by atoms with E-state index in [0.29, 0.717) is 40.9 Å². The number of carbonyl (C=O) groups excluding carboxylic acids is 1. The van der Waals surface area contributed by atoms with E-state index in [2.05, 4.69) is 5.32 Å². The molecule has 0 aromatic heterocycles. The Morgan fingerprint density at radius 2 is 1.69 bits per heavy atom. The Labute approximate surface area is 180 Å². The monoisotopic (exact) mass is 456 g/mol. The molecule has 3 rings (SSSR count). The van der Waals surface area contributed by atoms with Gasteiger partial charge in [-0.05, 0) is 56.2 Å². The standard InChI is InChI=1S/C20H22Cl2N2O4S/c1-2-28-15-6-8-16(9-7-15)29(26,27)24-12-10-14(11-13-24)20(25)23-19-17(21)4-3-5-18(19)22/h3-9,14H,2,10-13H2,1H3,(H,23,25). The van der Waals surface area contributed by atoms with Crippen molar-refractivity contribution in [1.29, 1.82) is 0 Å². The van der Waals surface area contributed by atoms with Gasteiger partial charge in [0.15, 0.2) is 0 Å². The Morgan fingerprint density at radius 3 is 2.24 bits per heavy atom. The van der Waals surface area contributed by atoms with Crippen molar-refractivity contribution in [2.24, 2.45) is 5.92 Å². The number of rotatable bonds is 6. The summed E-state index contributed by atoms with van der Waals surface area (Å²) >= 11 is 12.2. The number of nitrogens with zero attached hydrogens (tertiary/aromatic N) is 1. The quantitative estimate of drug-likeness (QED) is 0.697. The Balaban J connectivity index is 1.62. The van der Waals surface area contributed by atoms with Gasteiger partial charge in [0.05, 0.1) is 27.2 Å². The zero-order chi connectivity index (χ0) is 21.0. The summed E-state index contributed by atoms with van der Waals surface area (Å²) in [6.45, 7) is 2.92. The summed E-state index contributed by atoms with van der Waals surface area (Å²) in [5.41, 5.74) is 0.380. The highest BCUT2D eigenvalue weighted by Gasteiger charge is 2.32. The summed E-state index contributed by atoms with van der Waals surface area (Å²) in [6.07, 6.45) is 0.842. The fourth-order valence-corrected chi connectivity index (χ4v) is 5.19. The molecule has 1 aliphatic heterocycles. The van der Waals surface area contributed by atoms with Crippen LogP contribution < -0.4 is 10.1 Å². The lowest BCUT2D eigenvalue weighted by atomic mass is 9.97. The zero-order valence-corrected chi connectivity index (χ0v) is 18.2. The first-order valence-corrected chi connectivity index (χ1v) is 11.5. The van der Waals surface area contributed by atoms with Crippen LogP contribution in [0.2, 0.25) is 10.0 Å². The molecule has 0 spiro atoms. The Bertz CT molecular complexity index is 952. The number of hydrogen-bond acceptors (Lipinski definition) is 4. The molecule has 156 valence electrons. The molecule has 1 saturated heterocycles. The molecular formula is C20H22Cl2N2O4S. The normalized spacial score (nSPS) is 15.8. The van der Waals surface area contributed by atoms with E-state index in [1.807, 2.05) is 6.92 Å². The van der Waals surface area contributed by atoms with Crippen LogP contribution in [0.4, 0.5) is 5.69 Å². The molecule has 2 aromatic rings. The SMILES string of the molecule is CCOc1ccc(S(=O)(=O)N2CCC(C(=O)Nc3c(Cl)cccc3Cl)CC2)cc1. The van der Waals surface area contributed by atoms with Gasteiger partial charge in [-0.15, -0.1) is 0 Å². The molecule has 1 amide bonds. The van der Waals surface area contributed by atoms with Gasteiger partial charge in [-0.3, -0.25) is 4.79 Å². The topological polar surface area (TPSA) is 75.7 Å². The second-order valence-electron chi connectivity index (χ2n) is 6.67. The van der Waals surface area contributed by atoms with E-state index in [1.54, 1.807) is 42.5 Å². The number of piperidine rings is 1. The van der Waals surface area contributed by atoms with E-state index in [0.717, 1.165) is 0 Å². The number of para-hydroxylation sites is 1. The number of halogens is 2. The van der Waals surface area contributed by atoms with Crippen LogP contribution >= 0.6 is 23.2 Å². The van der Waals surface area contributed by atoms with Crippen molar-refractivity contribution in [3.8, 4) is 5.75 Å². The van der Waals surface area contributed by atoms with Crippen LogP contribution in [0.3, 0.4) is 0 Å². The summed E-state index contributed by atoms with van der Waals surface area (Å²) < 4.78 is 32.5. The molecule has 2 aromatic carbocycles. The summed E-state index contributed by atoms with van der Waals surface area (Å²) in [6, 6.07) is 11.4. The number of sulfonamides is 1. The molecular weight excluding hydrogens is 435 g/mol. The minimum Gasteiger partial charge on any atom is -0.494 e. The molecule has 0 unspecified atom stereocenters. The first-order valence-electron chi connectivity index (χ1n) is 9.31. The number of benzene rings is 2. The summed E-state index contributed by atoms with van der Waals surface area (Å²) in [5, 5.41) is 3.49. The first-order chi connectivity index (χ1) is 13.8. The molecule has 1 aliphatic rings. The number of carbonyl (C=O) groups is 1. The second kappa shape index (κ2) is 9.34. The maximum absolute atomic E-state index is 12.9. The number of anilines is 1. The predicted octanol–water partition coefficient (Wildman–Crippen LogP) is 4.43. The fourth-order valence-electron chi connectivity index (χ4n) is 3.22. The molecule has 0 radical (unpaired) electrons. The van der Waals surface area contributed by atoms with Crippen LogP contribution in [0.15, 0.2) is 47.4 Å². The third-order valence-electron chi connectivity index (χ3n) is 4.81. The molecule has 6 nitrogen and oxygen atoms in total. The van der Waals surface area contributed by atoms with Crippen molar-refractivity contribution < 1.29 is 17.9 Å². The van der Waals surface area contributed by atoms with E-state index < -0.39 is 10.0 Å². The largest absolute Gasteiger partial charge is 0.494 e. The van der Waals surface area contributed by atoms with Crippen molar-refractivity contribution in [3.63, 3.8) is 0 Å². The molecule has 0 aliphatic carbocycles. The highest BCUT2D eigenvalue weighted by atomic mass is 35.5. The summed E-state index contributed by atoms with van der Waals surface area (Å²) in [4.78, 5) is 12.8. The molecule has 0 bridgehead atoms. The van der Waals surface area contributed by atoms with Gasteiger partial charge in [0.2, 0.25) is 15.9 Å². The van der Waals surface area contributed by atoms with Crippen molar-refractivity contribution >= 4 is 44.8 Å². The van der Waals surface area contributed by atoms with Gasteiger partial charge in [-0.1, -0.05) is 29.3 Å². The fraction of sp³-hybridized carbons (Fsp3) is 0.350. The van der Waals surface area contributed by atoms with Gasteiger partial charge < -0.3 is 10.1 Å². The second-order valence-corrected chi connectivity index (χ2v) is 9.42. The Morgan fingerprint density at radius 1 is 1.10 bits per heavy atom. The van der Waals surface area contributed by atoms with Gasteiger partial charge in [-0.2, -0.15) is 4.31 Å². The lowest BCUT2D eigenvalue weighted by Crippen LogP contribution is -2.41. The van der Waals surface area contributed by atoms with E-state index in [-0.39, 0.29) is 29.8 Å². The molecule has 29 heavy (non-hydrogen) atoms. The Hall–Kier alpha value is -1.80. The number of nitrogens with one attached hydrogen (secondary N) is 1. The zero-order valence-electron chi connectivity index (χ0n) is 15.9. The van der Waals surface area contributed by atoms with Crippen LogP contribution in [0.25, 0.3) is 0 Å². The maximum atomic E-state index is 12.9. The number of amides is 1. The van der Waals surface area contributed by atoms with Crippen LogP contribution in [0.5, 0.6) is 5.75 Å². The lowest BCUT2D eigenvalue weighted by Gasteiger charge is -2.30. The lowest BCUT2D eigenvalue weighted by molar-refractivity contribution is -0.120. The van der Waals surface area contributed by atoms with Crippen molar-refractivity contribution in [3.05, 3.63) is 52.5 Å². The molecule has 1 fully saturated rings. The van der Waals surface area contributed by atoms with Crippen LogP contribution in [0.1, 0.15) is 19.8 Å². The summed E-state index contributed by atoms with van der Waals surface area (Å²) in [5.74, 6) is 0.104. The van der Waals surface area contributed by atoms with Gasteiger partial charge >= 0.3 is 0 Å². The minimum atomic E-state index is -3.61. The van der Waals surface area contributed by atoms with Gasteiger partial charge in [-0.25, -0.2) is 8.42 Å². The van der Waals surface area contributed by atoms with Crippen LogP contribution in [-0.2, 0) is 14.8 Å². The predicted molar refractivity (Wildman–Crippen MR) is 114 cm³/mol. The minimum absolute atomic E-state index is 0.210.